The first kappa shape index (κ1) is 13.7. The molecule has 5 heteroatoms. The Morgan fingerprint density at radius 3 is 2.83 bits per heavy atom. The second kappa shape index (κ2) is 7.04. The van der Waals surface area contributed by atoms with Crippen LogP contribution >= 0.6 is 11.5 Å². The van der Waals surface area contributed by atoms with Gasteiger partial charge in [-0.2, -0.15) is 4.37 Å². The summed E-state index contributed by atoms with van der Waals surface area (Å²) in [7, 11) is 2.03. The van der Waals surface area contributed by atoms with E-state index in [0.717, 1.165) is 49.3 Å². The Balaban J connectivity index is 1.81. The van der Waals surface area contributed by atoms with Crippen LogP contribution in [0.4, 0.5) is 5.13 Å². The zero-order chi connectivity index (χ0) is 12.8. The molecular weight excluding hydrogens is 244 g/mol. The molecule has 0 aromatic carbocycles. The zero-order valence-corrected chi connectivity index (χ0v) is 12.3. The summed E-state index contributed by atoms with van der Waals surface area (Å²) in [5, 5.41) is 4.37. The van der Waals surface area contributed by atoms with E-state index in [1.165, 1.54) is 19.3 Å². The van der Waals surface area contributed by atoms with Gasteiger partial charge in [-0.1, -0.05) is 6.92 Å². The van der Waals surface area contributed by atoms with Crippen LogP contribution in [0.5, 0.6) is 0 Å². The van der Waals surface area contributed by atoms with Crippen LogP contribution in [0.15, 0.2) is 0 Å². The van der Waals surface area contributed by atoms with Gasteiger partial charge in [0.1, 0.15) is 5.82 Å². The number of aromatic nitrogens is 2. The SMILES string of the molecule is CCCc1nsc(N2CCC(CCNC)CC2)n1. The molecule has 0 atom stereocenters. The highest BCUT2D eigenvalue weighted by Gasteiger charge is 2.21. The maximum absolute atomic E-state index is 4.63. The quantitative estimate of drug-likeness (QED) is 0.859. The lowest BCUT2D eigenvalue weighted by Gasteiger charge is -2.31. The fraction of sp³-hybridized carbons (Fsp3) is 0.846. The molecule has 0 unspecified atom stereocenters. The van der Waals surface area contributed by atoms with E-state index in [9.17, 15) is 0 Å². The maximum atomic E-state index is 4.63. The second-order valence-electron chi connectivity index (χ2n) is 5.07. The lowest BCUT2D eigenvalue weighted by molar-refractivity contribution is 0.378. The van der Waals surface area contributed by atoms with Crippen LogP contribution in [-0.4, -0.2) is 36.0 Å². The predicted molar refractivity (Wildman–Crippen MR) is 77.4 cm³/mol. The number of hydrogen-bond acceptors (Lipinski definition) is 5. The molecule has 0 saturated carbocycles. The number of anilines is 1. The highest BCUT2D eigenvalue weighted by molar-refractivity contribution is 7.09. The summed E-state index contributed by atoms with van der Waals surface area (Å²) in [6.07, 6.45) is 6.04. The average Bonchev–Trinajstić information content (AvgIpc) is 2.86. The van der Waals surface area contributed by atoms with Gasteiger partial charge in [-0.05, 0) is 45.2 Å². The summed E-state index contributed by atoms with van der Waals surface area (Å²) in [5.41, 5.74) is 0. The van der Waals surface area contributed by atoms with E-state index in [2.05, 4.69) is 26.5 Å². The van der Waals surface area contributed by atoms with E-state index < -0.39 is 0 Å². The van der Waals surface area contributed by atoms with Crippen LogP contribution < -0.4 is 10.2 Å². The zero-order valence-electron chi connectivity index (χ0n) is 11.5. The van der Waals surface area contributed by atoms with Crippen molar-refractivity contribution in [2.24, 2.45) is 5.92 Å². The Labute approximate surface area is 114 Å². The highest BCUT2D eigenvalue weighted by atomic mass is 32.1. The van der Waals surface area contributed by atoms with Crippen molar-refractivity contribution in [1.82, 2.24) is 14.7 Å². The van der Waals surface area contributed by atoms with Gasteiger partial charge in [0.25, 0.3) is 0 Å². The van der Waals surface area contributed by atoms with Crippen molar-refractivity contribution in [3.05, 3.63) is 5.82 Å². The lowest BCUT2D eigenvalue weighted by Crippen LogP contribution is -2.34. The molecule has 1 fully saturated rings. The van der Waals surface area contributed by atoms with Crippen molar-refractivity contribution >= 4 is 16.7 Å². The van der Waals surface area contributed by atoms with Crippen molar-refractivity contribution in [3.8, 4) is 0 Å². The van der Waals surface area contributed by atoms with E-state index in [4.69, 9.17) is 0 Å². The van der Waals surface area contributed by atoms with Gasteiger partial charge in [-0.3, -0.25) is 0 Å². The molecule has 4 nitrogen and oxygen atoms in total. The third kappa shape index (κ3) is 3.65. The lowest BCUT2D eigenvalue weighted by atomic mass is 9.94. The van der Waals surface area contributed by atoms with Crippen LogP contribution in [0, 0.1) is 5.92 Å². The van der Waals surface area contributed by atoms with E-state index >= 15 is 0 Å². The van der Waals surface area contributed by atoms with Gasteiger partial charge in [0.05, 0.1) is 0 Å². The number of piperidine rings is 1. The van der Waals surface area contributed by atoms with E-state index in [1.54, 1.807) is 11.5 Å². The molecule has 1 aliphatic heterocycles. The number of hydrogen-bond donors (Lipinski definition) is 1. The fourth-order valence-corrected chi connectivity index (χ4v) is 3.22. The first-order valence-electron chi connectivity index (χ1n) is 7.05. The molecule has 2 heterocycles. The molecule has 102 valence electrons. The van der Waals surface area contributed by atoms with Crippen LogP contribution in [0.3, 0.4) is 0 Å². The van der Waals surface area contributed by atoms with Gasteiger partial charge >= 0.3 is 0 Å². The third-order valence-electron chi connectivity index (χ3n) is 3.62. The highest BCUT2D eigenvalue weighted by Crippen LogP contribution is 2.26. The molecule has 0 spiro atoms. The van der Waals surface area contributed by atoms with Gasteiger partial charge in [0.15, 0.2) is 0 Å². The number of rotatable bonds is 6. The number of aryl methyl sites for hydroxylation is 1. The van der Waals surface area contributed by atoms with Gasteiger partial charge in [0, 0.05) is 31.0 Å². The van der Waals surface area contributed by atoms with Crippen molar-refractivity contribution in [3.63, 3.8) is 0 Å². The minimum atomic E-state index is 0.886. The van der Waals surface area contributed by atoms with E-state index in [0.29, 0.717) is 0 Å². The molecule has 1 N–H and O–H groups in total. The Hall–Kier alpha value is -0.680. The maximum Gasteiger partial charge on any atom is 0.205 e. The standard InChI is InChI=1S/C13H24N4S/c1-3-4-12-15-13(18-16-12)17-9-6-11(7-10-17)5-8-14-2/h11,14H,3-10H2,1-2H3. The monoisotopic (exact) mass is 268 g/mol. The van der Waals surface area contributed by atoms with E-state index in [1.807, 2.05) is 7.05 Å². The second-order valence-corrected chi connectivity index (χ2v) is 5.80. The Bertz CT molecular complexity index is 345. The first-order chi connectivity index (χ1) is 8.83. The van der Waals surface area contributed by atoms with Gasteiger partial charge in [-0.15, -0.1) is 0 Å². The summed E-state index contributed by atoms with van der Waals surface area (Å²) in [6.45, 7) is 5.61. The molecule has 2 rings (SSSR count). The summed E-state index contributed by atoms with van der Waals surface area (Å²) < 4.78 is 4.43. The smallest absolute Gasteiger partial charge is 0.205 e. The molecule has 18 heavy (non-hydrogen) atoms. The molecule has 0 bridgehead atoms. The van der Waals surface area contributed by atoms with Gasteiger partial charge in [-0.25, -0.2) is 4.98 Å². The first-order valence-corrected chi connectivity index (χ1v) is 7.83. The Morgan fingerprint density at radius 1 is 1.39 bits per heavy atom. The molecule has 0 aliphatic carbocycles. The van der Waals surface area contributed by atoms with Crippen LogP contribution in [0.2, 0.25) is 0 Å². The fourth-order valence-electron chi connectivity index (χ4n) is 2.46. The van der Waals surface area contributed by atoms with Gasteiger partial charge < -0.3 is 10.2 Å². The van der Waals surface area contributed by atoms with Crippen molar-refractivity contribution in [2.75, 3.05) is 31.6 Å². The average molecular weight is 268 g/mol. The van der Waals surface area contributed by atoms with Crippen molar-refractivity contribution < 1.29 is 0 Å². The minimum Gasteiger partial charge on any atom is -0.347 e. The van der Waals surface area contributed by atoms with Crippen LogP contribution in [0.1, 0.15) is 38.4 Å². The molecule has 1 saturated heterocycles. The number of nitrogens with zero attached hydrogens (tertiary/aromatic N) is 3. The normalized spacial score (nSPS) is 17.3. The van der Waals surface area contributed by atoms with Crippen LogP contribution in [-0.2, 0) is 6.42 Å². The summed E-state index contributed by atoms with van der Waals surface area (Å²) >= 11 is 1.57. The molecule has 0 radical (unpaired) electrons. The minimum absolute atomic E-state index is 0.886. The molecular formula is C13H24N4S. The van der Waals surface area contributed by atoms with Crippen molar-refractivity contribution in [1.29, 1.82) is 0 Å². The summed E-state index contributed by atoms with van der Waals surface area (Å²) in [5.74, 6) is 1.91. The predicted octanol–water partition coefficient (Wildman–Crippen LogP) is 2.32. The Morgan fingerprint density at radius 2 is 2.17 bits per heavy atom. The van der Waals surface area contributed by atoms with Crippen LogP contribution in [0.25, 0.3) is 0 Å². The Kier molecular flexibility index (Phi) is 5.38. The largest absolute Gasteiger partial charge is 0.347 e. The molecule has 1 aromatic heterocycles. The molecule has 1 aromatic rings. The number of nitrogens with one attached hydrogen (secondary N) is 1. The van der Waals surface area contributed by atoms with Crippen molar-refractivity contribution in [2.45, 2.75) is 39.0 Å². The van der Waals surface area contributed by atoms with Gasteiger partial charge in [0.2, 0.25) is 5.13 Å². The third-order valence-corrected chi connectivity index (χ3v) is 4.43. The topological polar surface area (TPSA) is 41.1 Å². The molecule has 1 aliphatic rings. The van der Waals surface area contributed by atoms with E-state index in [-0.39, 0.29) is 0 Å². The summed E-state index contributed by atoms with van der Waals surface area (Å²) in [6, 6.07) is 0. The molecule has 0 amide bonds. The summed E-state index contributed by atoms with van der Waals surface area (Å²) in [4.78, 5) is 7.04.